The number of rotatable bonds is 5. The molecule has 1 heterocycles. The van der Waals surface area contributed by atoms with E-state index in [1.807, 2.05) is 5.38 Å². The Morgan fingerprint density at radius 1 is 1.50 bits per heavy atom. The van der Waals surface area contributed by atoms with Crippen LogP contribution in [-0.2, 0) is 6.42 Å². The molecule has 0 aliphatic heterocycles. The van der Waals surface area contributed by atoms with Gasteiger partial charge < -0.3 is 15.3 Å². The highest BCUT2D eigenvalue weighted by Gasteiger charge is 2.25. The molecule has 1 saturated carbocycles. The first-order chi connectivity index (χ1) is 9.66. The maximum atomic E-state index is 12.0. The molecule has 1 aromatic rings. The van der Waals surface area contributed by atoms with Gasteiger partial charge in [0, 0.05) is 26.1 Å². The fourth-order valence-corrected chi connectivity index (χ4v) is 3.42. The summed E-state index contributed by atoms with van der Waals surface area (Å²) in [6.45, 7) is 1.30. The third-order valence-corrected chi connectivity index (χ3v) is 4.73. The van der Waals surface area contributed by atoms with E-state index < -0.39 is 0 Å². The number of aliphatic hydroxyl groups is 1. The van der Waals surface area contributed by atoms with Crippen LogP contribution in [-0.4, -0.2) is 42.3 Å². The molecule has 5 heteroatoms. The summed E-state index contributed by atoms with van der Waals surface area (Å²) >= 11 is 1.68. The van der Waals surface area contributed by atoms with Crippen LogP contribution < -0.4 is 5.32 Å². The monoisotopic (exact) mass is 296 g/mol. The fraction of sp³-hybridized carbons (Fsp3) is 0.667. The average Bonchev–Trinajstić information content (AvgIpc) is 2.94. The average molecular weight is 296 g/mol. The van der Waals surface area contributed by atoms with Crippen molar-refractivity contribution in [2.24, 2.45) is 5.92 Å². The standard InChI is InChI=1S/C15H24N2O2S/c1-17(10-13-4-2-3-5-14(13)18)15(19)16-8-6-12-7-9-20-11-12/h7,9,11,13-14,18H,2-6,8,10H2,1H3,(H,16,19)/t13-,14-/m1/s1. The van der Waals surface area contributed by atoms with Crippen LogP contribution in [0.15, 0.2) is 16.8 Å². The molecule has 1 aliphatic carbocycles. The first-order valence-corrected chi connectivity index (χ1v) is 8.29. The molecule has 0 spiro atoms. The fourth-order valence-electron chi connectivity index (χ4n) is 2.72. The Labute approximate surface area is 124 Å². The molecule has 2 atom stereocenters. The molecule has 0 aromatic carbocycles. The topological polar surface area (TPSA) is 52.6 Å². The normalized spacial score (nSPS) is 22.5. The first kappa shape index (κ1) is 15.3. The first-order valence-electron chi connectivity index (χ1n) is 7.35. The predicted octanol–water partition coefficient (Wildman–Crippen LogP) is 2.48. The van der Waals surface area contributed by atoms with Gasteiger partial charge in [0.25, 0.3) is 0 Å². The second kappa shape index (κ2) is 7.64. The minimum absolute atomic E-state index is 0.0435. The quantitative estimate of drug-likeness (QED) is 0.877. The second-order valence-corrected chi connectivity index (χ2v) is 6.39. The van der Waals surface area contributed by atoms with E-state index in [0.29, 0.717) is 13.1 Å². The summed E-state index contributed by atoms with van der Waals surface area (Å²) < 4.78 is 0. The number of aliphatic hydroxyl groups excluding tert-OH is 1. The smallest absolute Gasteiger partial charge is 0.317 e. The van der Waals surface area contributed by atoms with E-state index in [1.165, 1.54) is 5.56 Å². The summed E-state index contributed by atoms with van der Waals surface area (Å²) in [6, 6.07) is 2.04. The Bertz CT molecular complexity index is 408. The number of urea groups is 1. The molecule has 1 aliphatic rings. The van der Waals surface area contributed by atoms with Crippen molar-refractivity contribution in [3.05, 3.63) is 22.4 Å². The van der Waals surface area contributed by atoms with Gasteiger partial charge in [0.15, 0.2) is 0 Å². The molecule has 1 aromatic heterocycles. The van der Waals surface area contributed by atoms with Crippen LogP contribution in [0.3, 0.4) is 0 Å². The zero-order valence-corrected chi connectivity index (χ0v) is 12.9. The van der Waals surface area contributed by atoms with Gasteiger partial charge in [0.05, 0.1) is 6.10 Å². The predicted molar refractivity (Wildman–Crippen MR) is 82.0 cm³/mol. The van der Waals surface area contributed by atoms with Gasteiger partial charge in [0.1, 0.15) is 0 Å². The molecule has 0 saturated heterocycles. The third-order valence-electron chi connectivity index (χ3n) is 3.99. The van der Waals surface area contributed by atoms with Gasteiger partial charge in [0.2, 0.25) is 0 Å². The SMILES string of the molecule is CN(C[C@H]1CCCC[C@H]1O)C(=O)NCCc1ccsc1. The Kier molecular flexibility index (Phi) is 5.86. The number of hydrogen-bond donors (Lipinski definition) is 2. The minimum Gasteiger partial charge on any atom is -0.393 e. The van der Waals surface area contributed by atoms with Crippen molar-refractivity contribution in [3.63, 3.8) is 0 Å². The second-order valence-electron chi connectivity index (χ2n) is 5.61. The molecule has 2 N–H and O–H groups in total. The van der Waals surface area contributed by atoms with Crippen LogP contribution in [0, 0.1) is 5.92 Å². The third kappa shape index (κ3) is 4.49. The van der Waals surface area contributed by atoms with E-state index in [-0.39, 0.29) is 18.1 Å². The number of thiophene rings is 1. The number of carbonyl (C=O) groups excluding carboxylic acids is 1. The van der Waals surface area contributed by atoms with Crippen LogP contribution in [0.5, 0.6) is 0 Å². The van der Waals surface area contributed by atoms with Crippen LogP contribution in [0.1, 0.15) is 31.2 Å². The zero-order valence-electron chi connectivity index (χ0n) is 12.0. The largest absolute Gasteiger partial charge is 0.393 e. The summed E-state index contributed by atoms with van der Waals surface area (Å²) in [5.41, 5.74) is 1.26. The molecule has 1 fully saturated rings. The molecular formula is C15H24N2O2S. The highest BCUT2D eigenvalue weighted by atomic mass is 32.1. The number of carbonyl (C=O) groups is 1. The van der Waals surface area contributed by atoms with E-state index in [1.54, 1.807) is 23.3 Å². The van der Waals surface area contributed by atoms with Crippen LogP contribution in [0.2, 0.25) is 0 Å². The molecule has 4 nitrogen and oxygen atoms in total. The molecule has 2 rings (SSSR count). The zero-order chi connectivity index (χ0) is 14.4. The van der Waals surface area contributed by atoms with Gasteiger partial charge in [-0.3, -0.25) is 0 Å². The Balaban J connectivity index is 1.68. The lowest BCUT2D eigenvalue weighted by Crippen LogP contribution is -2.43. The highest BCUT2D eigenvalue weighted by molar-refractivity contribution is 7.07. The Morgan fingerprint density at radius 3 is 3.00 bits per heavy atom. The van der Waals surface area contributed by atoms with Crippen LogP contribution >= 0.6 is 11.3 Å². The van der Waals surface area contributed by atoms with Gasteiger partial charge in [-0.05, 0) is 41.7 Å². The molecule has 0 unspecified atom stereocenters. The maximum Gasteiger partial charge on any atom is 0.317 e. The summed E-state index contributed by atoms with van der Waals surface area (Å²) in [6.07, 6.45) is 4.79. The summed E-state index contributed by atoms with van der Waals surface area (Å²) in [4.78, 5) is 13.7. The van der Waals surface area contributed by atoms with Gasteiger partial charge in [-0.25, -0.2) is 4.79 Å². The van der Waals surface area contributed by atoms with Crippen molar-refractivity contribution in [2.45, 2.75) is 38.2 Å². The van der Waals surface area contributed by atoms with E-state index >= 15 is 0 Å². The molecule has 0 bridgehead atoms. The van der Waals surface area contributed by atoms with E-state index in [0.717, 1.165) is 32.1 Å². The lowest BCUT2D eigenvalue weighted by Gasteiger charge is -2.31. The Morgan fingerprint density at radius 2 is 2.30 bits per heavy atom. The number of hydrogen-bond acceptors (Lipinski definition) is 3. The van der Waals surface area contributed by atoms with Gasteiger partial charge in [-0.1, -0.05) is 12.8 Å². The van der Waals surface area contributed by atoms with Crippen molar-refractivity contribution in [1.29, 1.82) is 0 Å². The van der Waals surface area contributed by atoms with Crippen molar-refractivity contribution >= 4 is 17.4 Å². The van der Waals surface area contributed by atoms with Gasteiger partial charge >= 0.3 is 6.03 Å². The molecule has 20 heavy (non-hydrogen) atoms. The number of amides is 2. The van der Waals surface area contributed by atoms with Crippen molar-refractivity contribution in [3.8, 4) is 0 Å². The van der Waals surface area contributed by atoms with Crippen molar-refractivity contribution in [2.75, 3.05) is 20.1 Å². The molecular weight excluding hydrogens is 272 g/mol. The van der Waals surface area contributed by atoms with Crippen LogP contribution in [0.4, 0.5) is 4.79 Å². The summed E-state index contributed by atoms with van der Waals surface area (Å²) in [5.74, 6) is 0.233. The molecule has 0 radical (unpaired) electrons. The van der Waals surface area contributed by atoms with Crippen molar-refractivity contribution in [1.82, 2.24) is 10.2 Å². The highest BCUT2D eigenvalue weighted by Crippen LogP contribution is 2.24. The maximum absolute atomic E-state index is 12.0. The van der Waals surface area contributed by atoms with E-state index in [9.17, 15) is 9.90 Å². The lowest BCUT2D eigenvalue weighted by molar-refractivity contribution is 0.0565. The van der Waals surface area contributed by atoms with Crippen LogP contribution in [0.25, 0.3) is 0 Å². The minimum atomic E-state index is -0.246. The number of nitrogens with one attached hydrogen (secondary N) is 1. The number of nitrogens with zero attached hydrogens (tertiary/aromatic N) is 1. The summed E-state index contributed by atoms with van der Waals surface area (Å²) in [5, 5.41) is 17.0. The van der Waals surface area contributed by atoms with Gasteiger partial charge in [-0.2, -0.15) is 11.3 Å². The lowest BCUT2D eigenvalue weighted by atomic mass is 9.86. The molecule has 2 amide bonds. The van der Waals surface area contributed by atoms with E-state index in [4.69, 9.17) is 0 Å². The van der Waals surface area contributed by atoms with E-state index in [2.05, 4.69) is 16.8 Å². The van der Waals surface area contributed by atoms with Crippen molar-refractivity contribution < 1.29 is 9.90 Å². The Hall–Kier alpha value is -1.07. The van der Waals surface area contributed by atoms with Gasteiger partial charge in [-0.15, -0.1) is 0 Å². The summed E-state index contributed by atoms with van der Waals surface area (Å²) in [7, 11) is 1.81. The molecule has 112 valence electrons.